The minimum atomic E-state index is 0.531. The molecule has 6 nitrogen and oxygen atoms in total. The standard InChI is InChI=1S/C12H12N6S/c13-11-10(8-1-3-14-4-2-8)12(19-18-11)16-6-9-5-15-7-17-9/h1-5,7,16H,6H2,(H2,13,18)(H,15,17). The fraction of sp³-hybridized carbons (Fsp3) is 0.0833. The summed E-state index contributed by atoms with van der Waals surface area (Å²) < 4.78 is 4.20. The molecule has 0 aliphatic carbocycles. The SMILES string of the molecule is Nc1nsc(NCc2cnc[nH]2)c1-c1ccncc1. The van der Waals surface area contributed by atoms with Crippen LogP contribution in [0.1, 0.15) is 5.69 Å². The fourth-order valence-corrected chi connectivity index (χ4v) is 2.51. The summed E-state index contributed by atoms with van der Waals surface area (Å²) in [6, 6.07) is 3.84. The predicted octanol–water partition coefficient (Wildman–Crippen LogP) is 2.12. The molecule has 0 fully saturated rings. The van der Waals surface area contributed by atoms with Crippen molar-refractivity contribution in [3.8, 4) is 11.1 Å². The number of aromatic nitrogens is 4. The molecule has 0 radical (unpaired) electrons. The van der Waals surface area contributed by atoms with E-state index in [9.17, 15) is 0 Å². The van der Waals surface area contributed by atoms with Gasteiger partial charge in [0.15, 0.2) is 0 Å². The summed E-state index contributed by atoms with van der Waals surface area (Å²) in [6.45, 7) is 0.652. The number of nitrogens with zero attached hydrogens (tertiary/aromatic N) is 3. The number of hydrogen-bond donors (Lipinski definition) is 3. The highest BCUT2D eigenvalue weighted by Gasteiger charge is 2.13. The van der Waals surface area contributed by atoms with E-state index in [1.807, 2.05) is 12.1 Å². The van der Waals surface area contributed by atoms with Gasteiger partial charge in [-0.2, -0.15) is 4.37 Å². The van der Waals surface area contributed by atoms with E-state index in [2.05, 4.69) is 24.6 Å². The minimum absolute atomic E-state index is 0.531. The van der Waals surface area contributed by atoms with Gasteiger partial charge in [-0.25, -0.2) is 4.98 Å². The van der Waals surface area contributed by atoms with Crippen LogP contribution in [0.2, 0.25) is 0 Å². The van der Waals surface area contributed by atoms with Crippen molar-refractivity contribution in [3.05, 3.63) is 42.7 Å². The molecule has 96 valence electrons. The summed E-state index contributed by atoms with van der Waals surface area (Å²) >= 11 is 1.35. The van der Waals surface area contributed by atoms with Gasteiger partial charge in [0.25, 0.3) is 0 Å². The van der Waals surface area contributed by atoms with E-state index in [0.29, 0.717) is 12.4 Å². The number of hydrogen-bond acceptors (Lipinski definition) is 6. The van der Waals surface area contributed by atoms with E-state index in [0.717, 1.165) is 21.8 Å². The van der Waals surface area contributed by atoms with E-state index < -0.39 is 0 Å². The quantitative estimate of drug-likeness (QED) is 0.676. The average molecular weight is 272 g/mol. The Morgan fingerprint density at radius 3 is 2.84 bits per heavy atom. The molecule has 0 spiro atoms. The van der Waals surface area contributed by atoms with Gasteiger partial charge in [0.2, 0.25) is 0 Å². The third-order valence-electron chi connectivity index (χ3n) is 2.68. The molecule has 0 aliphatic rings. The Labute approximate surface area is 113 Å². The third-order valence-corrected chi connectivity index (χ3v) is 3.50. The van der Waals surface area contributed by atoms with Gasteiger partial charge in [-0.15, -0.1) is 0 Å². The van der Waals surface area contributed by atoms with Crippen LogP contribution in [0.5, 0.6) is 0 Å². The molecule has 0 aliphatic heterocycles. The molecule has 0 saturated heterocycles. The van der Waals surface area contributed by atoms with Crippen molar-refractivity contribution < 1.29 is 0 Å². The van der Waals surface area contributed by atoms with Crippen LogP contribution in [0.25, 0.3) is 11.1 Å². The summed E-state index contributed by atoms with van der Waals surface area (Å²) in [5, 5.41) is 4.26. The number of pyridine rings is 1. The lowest BCUT2D eigenvalue weighted by Gasteiger charge is -2.06. The van der Waals surface area contributed by atoms with Gasteiger partial charge < -0.3 is 16.0 Å². The predicted molar refractivity (Wildman–Crippen MR) is 75.7 cm³/mol. The second-order valence-electron chi connectivity index (χ2n) is 3.94. The first-order valence-corrected chi connectivity index (χ1v) is 6.48. The summed E-state index contributed by atoms with van der Waals surface area (Å²) in [6.07, 6.45) is 6.92. The molecule has 0 saturated carbocycles. The first-order chi connectivity index (χ1) is 9.34. The second kappa shape index (κ2) is 5.07. The number of nitrogens with one attached hydrogen (secondary N) is 2. The van der Waals surface area contributed by atoms with Gasteiger partial charge in [0.1, 0.15) is 10.8 Å². The van der Waals surface area contributed by atoms with Crippen molar-refractivity contribution >= 4 is 22.4 Å². The maximum absolute atomic E-state index is 5.94. The van der Waals surface area contributed by atoms with Gasteiger partial charge in [0, 0.05) is 18.6 Å². The molecular weight excluding hydrogens is 260 g/mol. The monoisotopic (exact) mass is 272 g/mol. The molecule has 3 aromatic rings. The van der Waals surface area contributed by atoms with Crippen molar-refractivity contribution in [2.45, 2.75) is 6.54 Å². The largest absolute Gasteiger partial charge is 0.382 e. The van der Waals surface area contributed by atoms with Crippen LogP contribution in [0.3, 0.4) is 0 Å². The minimum Gasteiger partial charge on any atom is -0.382 e. The maximum atomic E-state index is 5.94. The summed E-state index contributed by atoms with van der Waals surface area (Å²) in [4.78, 5) is 11.0. The Hall–Kier alpha value is -2.41. The Morgan fingerprint density at radius 2 is 2.11 bits per heavy atom. The molecule has 3 rings (SSSR count). The van der Waals surface area contributed by atoms with Crippen LogP contribution in [0, 0.1) is 0 Å². The zero-order valence-electron chi connectivity index (χ0n) is 10.00. The highest BCUT2D eigenvalue weighted by atomic mass is 32.1. The Balaban J connectivity index is 1.87. The van der Waals surface area contributed by atoms with E-state index in [-0.39, 0.29) is 0 Å². The lowest BCUT2D eigenvalue weighted by Crippen LogP contribution is -1.99. The number of H-pyrrole nitrogens is 1. The molecular formula is C12H12N6S. The van der Waals surface area contributed by atoms with Gasteiger partial charge in [-0.05, 0) is 29.2 Å². The highest BCUT2D eigenvalue weighted by molar-refractivity contribution is 7.11. The van der Waals surface area contributed by atoms with Crippen LogP contribution in [-0.4, -0.2) is 19.3 Å². The summed E-state index contributed by atoms with van der Waals surface area (Å²) in [7, 11) is 0. The zero-order chi connectivity index (χ0) is 13.1. The molecule has 3 heterocycles. The van der Waals surface area contributed by atoms with Crippen LogP contribution in [0.15, 0.2) is 37.1 Å². The van der Waals surface area contributed by atoms with Crippen LogP contribution >= 0.6 is 11.5 Å². The number of aromatic amines is 1. The Kier molecular flexibility index (Phi) is 3.11. The molecule has 3 aromatic heterocycles. The average Bonchev–Trinajstić information content (AvgIpc) is 3.07. The van der Waals surface area contributed by atoms with E-state index in [4.69, 9.17) is 5.73 Å². The van der Waals surface area contributed by atoms with Crippen LogP contribution < -0.4 is 11.1 Å². The summed E-state index contributed by atoms with van der Waals surface area (Å²) in [5.74, 6) is 0.531. The molecule has 0 bridgehead atoms. The van der Waals surface area contributed by atoms with E-state index >= 15 is 0 Å². The Bertz CT molecular complexity index is 646. The molecule has 0 atom stereocenters. The van der Waals surface area contributed by atoms with E-state index in [1.165, 1.54) is 11.5 Å². The topological polar surface area (TPSA) is 92.5 Å². The molecule has 0 amide bonds. The number of rotatable bonds is 4. The van der Waals surface area contributed by atoms with Gasteiger partial charge in [0.05, 0.1) is 24.1 Å². The summed E-state index contributed by atoms with van der Waals surface area (Å²) in [5.41, 5.74) is 8.88. The van der Waals surface area contributed by atoms with Crippen LogP contribution in [0.4, 0.5) is 10.8 Å². The smallest absolute Gasteiger partial charge is 0.147 e. The fourth-order valence-electron chi connectivity index (χ4n) is 1.78. The zero-order valence-corrected chi connectivity index (χ0v) is 10.8. The first kappa shape index (κ1) is 11.7. The normalized spacial score (nSPS) is 10.5. The first-order valence-electron chi connectivity index (χ1n) is 5.71. The Morgan fingerprint density at radius 1 is 1.26 bits per heavy atom. The second-order valence-corrected chi connectivity index (χ2v) is 4.71. The van der Waals surface area contributed by atoms with Gasteiger partial charge in [-0.3, -0.25) is 4.98 Å². The van der Waals surface area contributed by atoms with Gasteiger partial charge in [-0.1, -0.05) is 0 Å². The lowest BCUT2D eigenvalue weighted by atomic mass is 10.1. The molecule has 7 heteroatoms. The molecule has 0 aromatic carbocycles. The molecule has 4 N–H and O–H groups in total. The number of anilines is 2. The maximum Gasteiger partial charge on any atom is 0.147 e. The third kappa shape index (κ3) is 2.41. The van der Waals surface area contributed by atoms with Crippen LogP contribution in [-0.2, 0) is 6.54 Å². The van der Waals surface area contributed by atoms with E-state index in [1.54, 1.807) is 24.9 Å². The number of nitrogen functional groups attached to an aromatic ring is 1. The molecule has 19 heavy (non-hydrogen) atoms. The van der Waals surface area contributed by atoms with Crippen molar-refractivity contribution in [2.75, 3.05) is 11.1 Å². The van der Waals surface area contributed by atoms with Crippen molar-refractivity contribution in [2.24, 2.45) is 0 Å². The van der Waals surface area contributed by atoms with Crippen molar-refractivity contribution in [1.29, 1.82) is 0 Å². The number of nitrogens with two attached hydrogens (primary N) is 1. The molecule has 0 unspecified atom stereocenters. The lowest BCUT2D eigenvalue weighted by molar-refractivity contribution is 1.08. The highest BCUT2D eigenvalue weighted by Crippen LogP contribution is 2.36. The number of imidazole rings is 1. The van der Waals surface area contributed by atoms with Crippen molar-refractivity contribution in [1.82, 2.24) is 19.3 Å². The van der Waals surface area contributed by atoms with Gasteiger partial charge >= 0.3 is 0 Å². The van der Waals surface area contributed by atoms with Crippen molar-refractivity contribution in [3.63, 3.8) is 0 Å².